The number of nitrogens with one attached hydrogen (secondary N) is 1. The highest BCUT2D eigenvalue weighted by atomic mass is 16.5. The Morgan fingerprint density at radius 3 is 2.71 bits per heavy atom. The van der Waals surface area contributed by atoms with Crippen molar-refractivity contribution in [1.29, 1.82) is 0 Å². The summed E-state index contributed by atoms with van der Waals surface area (Å²) >= 11 is 0. The van der Waals surface area contributed by atoms with Crippen LogP contribution in [0.15, 0.2) is 42.5 Å². The average Bonchev–Trinajstić information content (AvgIpc) is 3.14. The molecular weight excluding hydrogens is 356 g/mol. The molecule has 0 bridgehead atoms. The fraction of sp³-hybridized carbons (Fsp3) is 0.333. The van der Waals surface area contributed by atoms with Crippen LogP contribution in [0.4, 0.5) is 5.69 Å². The van der Waals surface area contributed by atoms with E-state index in [9.17, 15) is 9.59 Å². The molecule has 7 nitrogen and oxygen atoms in total. The minimum atomic E-state index is -0.571. The first kappa shape index (κ1) is 19.5. The fourth-order valence-corrected chi connectivity index (χ4v) is 2.99. The number of benzene rings is 2. The van der Waals surface area contributed by atoms with Crippen LogP contribution in [-0.4, -0.2) is 33.5 Å². The summed E-state index contributed by atoms with van der Waals surface area (Å²) in [6.07, 6.45) is 0.965. The predicted molar refractivity (Wildman–Crippen MR) is 107 cm³/mol. The molecule has 1 amide bonds. The zero-order valence-electron chi connectivity index (χ0n) is 16.3. The van der Waals surface area contributed by atoms with E-state index in [1.54, 1.807) is 22.9 Å². The summed E-state index contributed by atoms with van der Waals surface area (Å²) in [7, 11) is 0. The number of hydrogen-bond acceptors (Lipinski definition) is 5. The lowest BCUT2D eigenvalue weighted by Gasteiger charge is -2.15. The van der Waals surface area contributed by atoms with Gasteiger partial charge in [-0.1, -0.05) is 37.3 Å². The quantitative estimate of drug-likeness (QED) is 0.631. The van der Waals surface area contributed by atoms with E-state index in [0.717, 1.165) is 23.2 Å². The van der Waals surface area contributed by atoms with Gasteiger partial charge in [-0.25, -0.2) is 9.48 Å². The Balaban J connectivity index is 1.63. The largest absolute Gasteiger partial charge is 0.452 e. The van der Waals surface area contributed by atoms with Crippen LogP contribution in [0.3, 0.4) is 0 Å². The molecule has 0 aliphatic carbocycles. The van der Waals surface area contributed by atoms with Gasteiger partial charge < -0.3 is 10.1 Å². The van der Waals surface area contributed by atoms with Gasteiger partial charge in [-0.05, 0) is 49.1 Å². The summed E-state index contributed by atoms with van der Waals surface area (Å²) in [6.45, 7) is 6.51. The monoisotopic (exact) mass is 380 g/mol. The Kier molecular flexibility index (Phi) is 6.03. The van der Waals surface area contributed by atoms with Gasteiger partial charge in [0.05, 0.1) is 11.1 Å². The number of fused-ring (bicyclic) bond motifs is 1. The molecule has 0 radical (unpaired) electrons. The molecule has 7 heteroatoms. The van der Waals surface area contributed by atoms with Crippen molar-refractivity contribution in [2.24, 2.45) is 0 Å². The molecule has 1 N–H and O–H groups in total. The van der Waals surface area contributed by atoms with E-state index in [4.69, 9.17) is 4.74 Å². The molecule has 0 aliphatic rings. The van der Waals surface area contributed by atoms with Crippen molar-refractivity contribution in [2.45, 2.75) is 39.7 Å². The highest BCUT2D eigenvalue weighted by Crippen LogP contribution is 2.26. The standard InChI is InChI=1S/C21H24N4O3/c1-4-14(3)16-8-6-7-9-17(16)22-20(26)13-28-21(27)15-10-11-19-18(12-15)23-24-25(19)5-2/h6-12,14H,4-5,13H2,1-3H3,(H,22,26)/t14-/m0/s1. The Morgan fingerprint density at radius 2 is 1.96 bits per heavy atom. The molecular formula is C21H24N4O3. The number of amides is 1. The Hall–Kier alpha value is -3.22. The zero-order chi connectivity index (χ0) is 20.1. The van der Waals surface area contributed by atoms with Crippen molar-refractivity contribution in [2.75, 3.05) is 11.9 Å². The molecule has 3 aromatic rings. The number of esters is 1. The molecule has 1 aromatic heterocycles. The highest BCUT2D eigenvalue weighted by Gasteiger charge is 2.15. The minimum Gasteiger partial charge on any atom is -0.452 e. The second-order valence-corrected chi connectivity index (χ2v) is 6.63. The number of aromatic nitrogens is 3. The molecule has 2 aromatic carbocycles. The molecule has 0 saturated heterocycles. The average molecular weight is 380 g/mol. The molecule has 3 rings (SSSR count). The third-order valence-electron chi connectivity index (χ3n) is 4.76. The molecule has 1 heterocycles. The lowest BCUT2D eigenvalue weighted by molar-refractivity contribution is -0.119. The topological polar surface area (TPSA) is 86.1 Å². The van der Waals surface area contributed by atoms with E-state index in [1.165, 1.54) is 0 Å². The number of carbonyl (C=O) groups excluding carboxylic acids is 2. The number of aryl methyl sites for hydroxylation is 1. The lowest BCUT2D eigenvalue weighted by Crippen LogP contribution is -2.21. The summed E-state index contributed by atoms with van der Waals surface area (Å²) in [5, 5.41) is 10.9. The van der Waals surface area contributed by atoms with Crippen LogP contribution in [0.25, 0.3) is 11.0 Å². The summed E-state index contributed by atoms with van der Waals surface area (Å²) in [5.74, 6) is -0.622. The van der Waals surface area contributed by atoms with Crippen LogP contribution in [0.1, 0.15) is 49.0 Å². The highest BCUT2D eigenvalue weighted by molar-refractivity contribution is 5.97. The van der Waals surface area contributed by atoms with Gasteiger partial charge in [0, 0.05) is 12.2 Å². The smallest absolute Gasteiger partial charge is 0.338 e. The number of carbonyl (C=O) groups is 2. The van der Waals surface area contributed by atoms with E-state index >= 15 is 0 Å². The van der Waals surface area contributed by atoms with Crippen molar-refractivity contribution in [3.8, 4) is 0 Å². The van der Waals surface area contributed by atoms with Gasteiger partial charge in [-0.15, -0.1) is 5.10 Å². The Morgan fingerprint density at radius 1 is 1.18 bits per heavy atom. The van der Waals surface area contributed by atoms with Crippen molar-refractivity contribution in [1.82, 2.24) is 15.0 Å². The first-order valence-corrected chi connectivity index (χ1v) is 9.42. The van der Waals surface area contributed by atoms with Gasteiger partial charge in [0.2, 0.25) is 0 Å². The summed E-state index contributed by atoms with van der Waals surface area (Å²) < 4.78 is 6.91. The van der Waals surface area contributed by atoms with Crippen LogP contribution >= 0.6 is 0 Å². The molecule has 0 unspecified atom stereocenters. The number of anilines is 1. The second-order valence-electron chi connectivity index (χ2n) is 6.63. The van der Waals surface area contributed by atoms with Crippen LogP contribution in [0.2, 0.25) is 0 Å². The van der Waals surface area contributed by atoms with Gasteiger partial charge in [0.15, 0.2) is 6.61 Å². The van der Waals surface area contributed by atoms with Crippen molar-refractivity contribution >= 4 is 28.6 Å². The van der Waals surface area contributed by atoms with Crippen molar-refractivity contribution in [3.05, 3.63) is 53.6 Å². The van der Waals surface area contributed by atoms with Gasteiger partial charge in [0.1, 0.15) is 5.52 Å². The predicted octanol–water partition coefficient (Wildman–Crippen LogP) is 3.76. The Bertz CT molecular complexity index is 996. The molecule has 146 valence electrons. The maximum atomic E-state index is 12.3. The van der Waals surface area contributed by atoms with E-state index in [0.29, 0.717) is 23.5 Å². The summed E-state index contributed by atoms with van der Waals surface area (Å²) in [4.78, 5) is 24.5. The molecule has 1 atom stereocenters. The van der Waals surface area contributed by atoms with Crippen LogP contribution < -0.4 is 5.32 Å². The van der Waals surface area contributed by atoms with Gasteiger partial charge in [0.25, 0.3) is 5.91 Å². The number of ether oxygens (including phenoxy) is 1. The number of para-hydroxylation sites is 1. The van der Waals surface area contributed by atoms with Gasteiger partial charge >= 0.3 is 5.97 Å². The normalized spacial score (nSPS) is 12.0. The fourth-order valence-electron chi connectivity index (χ4n) is 2.99. The summed E-state index contributed by atoms with van der Waals surface area (Å²) in [5.41, 5.74) is 3.61. The number of nitrogens with zero attached hydrogens (tertiary/aromatic N) is 3. The summed E-state index contributed by atoms with van der Waals surface area (Å²) in [6, 6.07) is 12.7. The molecule has 28 heavy (non-hydrogen) atoms. The third kappa shape index (κ3) is 4.19. The number of hydrogen-bond donors (Lipinski definition) is 1. The lowest BCUT2D eigenvalue weighted by atomic mass is 9.97. The number of rotatable bonds is 7. The van der Waals surface area contributed by atoms with E-state index in [-0.39, 0.29) is 12.5 Å². The molecule has 0 aliphatic heterocycles. The minimum absolute atomic E-state index is 0.322. The SMILES string of the molecule is CC[C@H](C)c1ccccc1NC(=O)COC(=O)c1ccc2c(c1)nnn2CC. The van der Waals surface area contributed by atoms with Crippen molar-refractivity contribution in [3.63, 3.8) is 0 Å². The molecule has 0 saturated carbocycles. The van der Waals surface area contributed by atoms with Crippen LogP contribution in [0.5, 0.6) is 0 Å². The van der Waals surface area contributed by atoms with E-state index < -0.39 is 5.97 Å². The second kappa shape index (κ2) is 8.65. The van der Waals surface area contributed by atoms with E-state index in [2.05, 4.69) is 29.5 Å². The van der Waals surface area contributed by atoms with Crippen LogP contribution in [-0.2, 0) is 16.1 Å². The Labute approximate surface area is 163 Å². The van der Waals surface area contributed by atoms with Crippen LogP contribution in [0, 0.1) is 0 Å². The zero-order valence-corrected chi connectivity index (χ0v) is 16.3. The maximum absolute atomic E-state index is 12.3. The van der Waals surface area contributed by atoms with Crippen molar-refractivity contribution < 1.29 is 14.3 Å². The first-order chi connectivity index (χ1) is 13.5. The molecule has 0 spiro atoms. The first-order valence-electron chi connectivity index (χ1n) is 9.42. The van der Waals surface area contributed by atoms with E-state index in [1.807, 2.05) is 31.2 Å². The third-order valence-corrected chi connectivity index (χ3v) is 4.76. The molecule has 0 fully saturated rings. The van der Waals surface area contributed by atoms with Gasteiger partial charge in [-0.2, -0.15) is 0 Å². The maximum Gasteiger partial charge on any atom is 0.338 e. The van der Waals surface area contributed by atoms with Gasteiger partial charge in [-0.3, -0.25) is 4.79 Å².